The molecular weight excluding hydrogens is 224 g/mol. The standard InChI is InChI=1S/C14H22N4/c1-2-18-7-6-11(9-18)8-15-14-12-4-3-5-13(12)16-10-17-14/h10-11H,2-9H2,1H3,(H,15,16,17). The first-order chi connectivity index (χ1) is 8.86. The van der Waals surface area contributed by atoms with Gasteiger partial charge in [-0.25, -0.2) is 9.97 Å². The Balaban J connectivity index is 1.59. The van der Waals surface area contributed by atoms with Crippen molar-refractivity contribution in [2.24, 2.45) is 5.92 Å². The van der Waals surface area contributed by atoms with Crippen LogP contribution >= 0.6 is 0 Å². The summed E-state index contributed by atoms with van der Waals surface area (Å²) in [5, 5.41) is 3.55. The minimum absolute atomic E-state index is 0.775. The van der Waals surface area contributed by atoms with Crippen molar-refractivity contribution in [2.45, 2.75) is 32.6 Å². The van der Waals surface area contributed by atoms with E-state index in [1.165, 1.54) is 43.7 Å². The van der Waals surface area contributed by atoms with Gasteiger partial charge in [0, 0.05) is 24.3 Å². The third-order valence-electron chi connectivity index (χ3n) is 4.25. The van der Waals surface area contributed by atoms with E-state index >= 15 is 0 Å². The van der Waals surface area contributed by atoms with E-state index in [1.807, 2.05) is 0 Å². The van der Waals surface area contributed by atoms with Crippen LogP contribution in [0.3, 0.4) is 0 Å². The second-order valence-electron chi connectivity index (χ2n) is 5.43. The Morgan fingerprint density at radius 2 is 2.33 bits per heavy atom. The summed E-state index contributed by atoms with van der Waals surface area (Å²) in [6.07, 6.45) is 6.52. The molecule has 1 aliphatic heterocycles. The predicted molar refractivity (Wildman–Crippen MR) is 72.8 cm³/mol. The molecule has 1 fully saturated rings. The van der Waals surface area contributed by atoms with Crippen molar-refractivity contribution in [2.75, 3.05) is 31.5 Å². The lowest BCUT2D eigenvalue weighted by Crippen LogP contribution is -2.23. The Morgan fingerprint density at radius 1 is 1.39 bits per heavy atom. The fraction of sp³-hybridized carbons (Fsp3) is 0.714. The van der Waals surface area contributed by atoms with Gasteiger partial charge in [0.05, 0.1) is 0 Å². The molecule has 0 spiro atoms. The van der Waals surface area contributed by atoms with Gasteiger partial charge in [-0.15, -0.1) is 0 Å². The second kappa shape index (κ2) is 5.22. The molecule has 0 bridgehead atoms. The predicted octanol–water partition coefficient (Wildman–Crippen LogP) is 1.72. The third kappa shape index (κ3) is 2.34. The number of likely N-dealkylation sites (tertiary alicyclic amines) is 1. The average Bonchev–Trinajstić information content (AvgIpc) is 3.05. The van der Waals surface area contributed by atoms with Crippen LogP contribution in [0, 0.1) is 5.92 Å². The van der Waals surface area contributed by atoms with Crippen LogP contribution < -0.4 is 5.32 Å². The molecule has 4 nitrogen and oxygen atoms in total. The summed E-state index contributed by atoms with van der Waals surface area (Å²) in [4.78, 5) is 11.3. The zero-order valence-corrected chi connectivity index (χ0v) is 11.2. The molecule has 1 N–H and O–H groups in total. The number of nitrogens with zero attached hydrogens (tertiary/aromatic N) is 3. The summed E-state index contributed by atoms with van der Waals surface area (Å²) in [5.74, 6) is 1.87. The molecule has 2 heterocycles. The molecule has 1 aromatic heterocycles. The van der Waals surface area contributed by atoms with Crippen molar-refractivity contribution in [3.05, 3.63) is 17.6 Å². The molecule has 1 atom stereocenters. The summed E-state index contributed by atoms with van der Waals surface area (Å²) in [7, 11) is 0. The highest BCUT2D eigenvalue weighted by molar-refractivity contribution is 5.47. The van der Waals surface area contributed by atoms with Crippen LogP contribution in [-0.4, -0.2) is 41.0 Å². The van der Waals surface area contributed by atoms with Crippen molar-refractivity contribution in [3.8, 4) is 0 Å². The summed E-state index contributed by atoms with van der Waals surface area (Å²) in [5.41, 5.74) is 2.62. The van der Waals surface area contributed by atoms with Gasteiger partial charge < -0.3 is 10.2 Å². The van der Waals surface area contributed by atoms with Crippen molar-refractivity contribution in [1.29, 1.82) is 0 Å². The number of hydrogen-bond donors (Lipinski definition) is 1. The highest BCUT2D eigenvalue weighted by Gasteiger charge is 2.22. The molecule has 1 aromatic rings. The topological polar surface area (TPSA) is 41.0 Å². The average molecular weight is 246 g/mol. The molecule has 0 saturated carbocycles. The normalized spacial score (nSPS) is 23.3. The van der Waals surface area contributed by atoms with Gasteiger partial charge in [0.1, 0.15) is 12.1 Å². The molecule has 2 aliphatic rings. The van der Waals surface area contributed by atoms with Crippen molar-refractivity contribution >= 4 is 5.82 Å². The number of rotatable bonds is 4. The summed E-state index contributed by atoms with van der Waals surface area (Å²) in [6.45, 7) is 6.97. The van der Waals surface area contributed by atoms with Crippen LogP contribution in [0.15, 0.2) is 6.33 Å². The number of anilines is 1. The van der Waals surface area contributed by atoms with Crippen LogP contribution in [0.2, 0.25) is 0 Å². The van der Waals surface area contributed by atoms with Crippen LogP contribution in [0.25, 0.3) is 0 Å². The number of aromatic nitrogens is 2. The largest absolute Gasteiger partial charge is 0.369 e. The maximum Gasteiger partial charge on any atom is 0.132 e. The lowest BCUT2D eigenvalue weighted by molar-refractivity contribution is 0.345. The van der Waals surface area contributed by atoms with E-state index in [0.717, 1.165) is 31.1 Å². The van der Waals surface area contributed by atoms with Crippen LogP contribution in [0.4, 0.5) is 5.82 Å². The highest BCUT2D eigenvalue weighted by atomic mass is 15.1. The van der Waals surface area contributed by atoms with Gasteiger partial charge >= 0.3 is 0 Å². The van der Waals surface area contributed by atoms with E-state index in [-0.39, 0.29) is 0 Å². The molecule has 98 valence electrons. The summed E-state index contributed by atoms with van der Waals surface area (Å²) in [6, 6.07) is 0. The first kappa shape index (κ1) is 11.9. The van der Waals surface area contributed by atoms with Gasteiger partial charge in [-0.1, -0.05) is 6.92 Å². The van der Waals surface area contributed by atoms with Gasteiger partial charge in [0.2, 0.25) is 0 Å². The number of aryl methyl sites for hydroxylation is 1. The van der Waals surface area contributed by atoms with Crippen LogP contribution in [0.1, 0.15) is 31.0 Å². The Morgan fingerprint density at radius 3 is 3.17 bits per heavy atom. The molecule has 3 rings (SSSR count). The fourth-order valence-electron chi connectivity index (χ4n) is 3.12. The fourth-order valence-corrected chi connectivity index (χ4v) is 3.12. The van der Waals surface area contributed by atoms with E-state index in [9.17, 15) is 0 Å². The molecule has 18 heavy (non-hydrogen) atoms. The quantitative estimate of drug-likeness (QED) is 0.878. The Bertz CT molecular complexity index is 418. The molecule has 4 heteroatoms. The minimum Gasteiger partial charge on any atom is -0.369 e. The van der Waals surface area contributed by atoms with E-state index in [1.54, 1.807) is 6.33 Å². The van der Waals surface area contributed by atoms with E-state index in [2.05, 4.69) is 27.1 Å². The number of fused-ring (bicyclic) bond motifs is 1. The van der Waals surface area contributed by atoms with Crippen LogP contribution in [0.5, 0.6) is 0 Å². The molecular formula is C14H22N4. The molecule has 1 saturated heterocycles. The SMILES string of the molecule is CCN1CCC(CNc2ncnc3c2CCC3)C1. The highest BCUT2D eigenvalue weighted by Crippen LogP contribution is 2.25. The van der Waals surface area contributed by atoms with Crippen molar-refractivity contribution < 1.29 is 0 Å². The van der Waals surface area contributed by atoms with Gasteiger partial charge in [0.25, 0.3) is 0 Å². The number of hydrogen-bond acceptors (Lipinski definition) is 4. The van der Waals surface area contributed by atoms with Gasteiger partial charge in [-0.2, -0.15) is 0 Å². The Kier molecular flexibility index (Phi) is 3.46. The molecule has 0 radical (unpaired) electrons. The Labute approximate surface area is 109 Å². The van der Waals surface area contributed by atoms with Gasteiger partial charge in [0.15, 0.2) is 0 Å². The molecule has 1 aliphatic carbocycles. The summed E-state index contributed by atoms with van der Waals surface area (Å²) < 4.78 is 0. The van der Waals surface area contributed by atoms with E-state index in [4.69, 9.17) is 0 Å². The zero-order chi connectivity index (χ0) is 12.4. The van der Waals surface area contributed by atoms with Crippen molar-refractivity contribution in [3.63, 3.8) is 0 Å². The molecule has 1 unspecified atom stereocenters. The summed E-state index contributed by atoms with van der Waals surface area (Å²) >= 11 is 0. The monoisotopic (exact) mass is 246 g/mol. The third-order valence-corrected chi connectivity index (χ3v) is 4.25. The zero-order valence-electron chi connectivity index (χ0n) is 11.2. The first-order valence-electron chi connectivity index (χ1n) is 7.15. The lowest BCUT2D eigenvalue weighted by atomic mass is 10.1. The van der Waals surface area contributed by atoms with E-state index in [0.29, 0.717) is 0 Å². The lowest BCUT2D eigenvalue weighted by Gasteiger charge is -2.15. The second-order valence-corrected chi connectivity index (χ2v) is 5.43. The first-order valence-corrected chi connectivity index (χ1v) is 7.15. The maximum atomic E-state index is 4.41. The maximum absolute atomic E-state index is 4.41. The minimum atomic E-state index is 0.775. The Hall–Kier alpha value is -1.16. The molecule has 0 aromatic carbocycles. The van der Waals surface area contributed by atoms with Gasteiger partial charge in [-0.05, 0) is 44.7 Å². The van der Waals surface area contributed by atoms with Crippen LogP contribution in [-0.2, 0) is 12.8 Å². The molecule has 0 amide bonds. The smallest absolute Gasteiger partial charge is 0.132 e. The van der Waals surface area contributed by atoms with Gasteiger partial charge in [-0.3, -0.25) is 0 Å². The van der Waals surface area contributed by atoms with Crippen molar-refractivity contribution in [1.82, 2.24) is 14.9 Å². The number of nitrogens with one attached hydrogen (secondary N) is 1. The van der Waals surface area contributed by atoms with E-state index < -0.39 is 0 Å².